The van der Waals surface area contributed by atoms with Crippen LogP contribution in [-0.2, 0) is 4.74 Å². The Morgan fingerprint density at radius 3 is 2.42 bits per heavy atom. The molecule has 19 heavy (non-hydrogen) atoms. The van der Waals surface area contributed by atoms with Gasteiger partial charge in [-0.05, 0) is 39.2 Å². The molecule has 0 aliphatic rings. The molecule has 0 radical (unpaired) electrons. The van der Waals surface area contributed by atoms with E-state index in [4.69, 9.17) is 4.74 Å². The van der Waals surface area contributed by atoms with Gasteiger partial charge in [0.15, 0.2) is 0 Å². The lowest BCUT2D eigenvalue weighted by Gasteiger charge is -2.19. The highest BCUT2D eigenvalue weighted by atomic mass is 16.6. The molecule has 3 heteroatoms. The fourth-order valence-electron chi connectivity index (χ4n) is 1.28. The van der Waals surface area contributed by atoms with Gasteiger partial charge in [0.25, 0.3) is 0 Å². The van der Waals surface area contributed by atoms with E-state index < -0.39 is 11.7 Å². The summed E-state index contributed by atoms with van der Waals surface area (Å²) in [6, 6.07) is 0. The van der Waals surface area contributed by atoms with Gasteiger partial charge >= 0.3 is 6.09 Å². The molecule has 0 aliphatic carbocycles. The van der Waals surface area contributed by atoms with Gasteiger partial charge in [-0.1, -0.05) is 44.2 Å². The number of nitrogens with one attached hydrogen (secondary N) is 1. The Hall–Kier alpha value is -1.51. The number of carbonyl (C=O) groups is 1. The van der Waals surface area contributed by atoms with Crippen molar-refractivity contribution >= 4 is 6.09 Å². The summed E-state index contributed by atoms with van der Waals surface area (Å²) in [5, 5.41) is 2.75. The fraction of sp³-hybridized carbons (Fsp3) is 0.562. The monoisotopic (exact) mass is 265 g/mol. The number of carbonyl (C=O) groups excluding carboxylic acids is 1. The van der Waals surface area contributed by atoms with Gasteiger partial charge in [-0.2, -0.15) is 0 Å². The summed E-state index contributed by atoms with van der Waals surface area (Å²) in [6.07, 6.45) is 9.65. The lowest BCUT2D eigenvalue weighted by molar-refractivity contribution is 0.0533. The van der Waals surface area contributed by atoms with E-state index in [1.807, 2.05) is 52.0 Å². The molecule has 0 fully saturated rings. The lowest BCUT2D eigenvalue weighted by atomic mass is 10.1. The van der Waals surface area contributed by atoms with Crippen LogP contribution in [0.3, 0.4) is 0 Å². The number of ether oxygens (including phenoxy) is 1. The Morgan fingerprint density at radius 2 is 1.95 bits per heavy atom. The molecule has 0 spiro atoms. The second kappa shape index (κ2) is 8.57. The molecule has 0 saturated carbocycles. The van der Waals surface area contributed by atoms with Crippen LogP contribution in [0, 0.1) is 5.92 Å². The Labute approximate surface area is 117 Å². The number of hydrogen-bond donors (Lipinski definition) is 1. The van der Waals surface area contributed by atoms with Crippen molar-refractivity contribution in [1.82, 2.24) is 5.32 Å². The molecule has 0 unspecified atom stereocenters. The van der Waals surface area contributed by atoms with Gasteiger partial charge in [0, 0.05) is 6.54 Å². The van der Waals surface area contributed by atoms with Gasteiger partial charge in [-0.25, -0.2) is 4.79 Å². The molecule has 0 aliphatic heterocycles. The van der Waals surface area contributed by atoms with Crippen molar-refractivity contribution in [1.29, 1.82) is 0 Å². The summed E-state index contributed by atoms with van der Waals surface area (Å²) in [6.45, 7) is 12.2. The molecule has 0 heterocycles. The maximum Gasteiger partial charge on any atom is 0.407 e. The normalized spacial score (nSPS) is 13.5. The summed E-state index contributed by atoms with van der Waals surface area (Å²) < 4.78 is 5.19. The zero-order valence-corrected chi connectivity index (χ0v) is 13.0. The summed E-state index contributed by atoms with van der Waals surface area (Å²) in [5.74, 6) is 0.516. The molecule has 0 aromatic heterocycles. The third kappa shape index (κ3) is 11.3. The Bertz CT molecular complexity index is 357. The van der Waals surface area contributed by atoms with Crippen molar-refractivity contribution in [3.63, 3.8) is 0 Å². The molecule has 0 atom stereocenters. The Morgan fingerprint density at radius 1 is 1.32 bits per heavy atom. The van der Waals surface area contributed by atoms with Crippen LogP contribution in [0.1, 0.15) is 41.5 Å². The average molecular weight is 265 g/mol. The maximum atomic E-state index is 11.5. The maximum absolute atomic E-state index is 11.5. The quantitative estimate of drug-likeness (QED) is 0.756. The predicted molar refractivity (Wildman–Crippen MR) is 81.1 cm³/mol. The third-order valence-electron chi connectivity index (χ3n) is 2.02. The average Bonchev–Trinajstić information content (AvgIpc) is 2.23. The second-order valence-corrected chi connectivity index (χ2v) is 5.73. The fourth-order valence-corrected chi connectivity index (χ4v) is 1.28. The zero-order valence-electron chi connectivity index (χ0n) is 13.0. The van der Waals surface area contributed by atoms with Gasteiger partial charge in [0.2, 0.25) is 0 Å². The van der Waals surface area contributed by atoms with E-state index in [1.54, 1.807) is 0 Å². The van der Waals surface area contributed by atoms with E-state index in [2.05, 4.69) is 25.2 Å². The smallest absolute Gasteiger partial charge is 0.407 e. The number of allylic oxidation sites excluding steroid dienone is 4. The molecule has 0 aromatic carbocycles. The number of hydrogen-bond acceptors (Lipinski definition) is 2. The summed E-state index contributed by atoms with van der Waals surface area (Å²) in [7, 11) is 0. The van der Waals surface area contributed by atoms with E-state index in [-0.39, 0.29) is 0 Å². The summed E-state index contributed by atoms with van der Waals surface area (Å²) >= 11 is 0. The van der Waals surface area contributed by atoms with Crippen LogP contribution >= 0.6 is 0 Å². The molecular formula is C16H27NO2. The van der Waals surface area contributed by atoms with Crippen LogP contribution in [0.25, 0.3) is 0 Å². The second-order valence-electron chi connectivity index (χ2n) is 5.73. The molecule has 108 valence electrons. The predicted octanol–water partition coefficient (Wildman–Crippen LogP) is 4.23. The molecule has 1 amide bonds. The molecule has 3 nitrogen and oxygen atoms in total. The minimum absolute atomic E-state index is 0.393. The SMILES string of the molecule is C\C=C/C(=C\C=C/C(C)C)CNC(=O)OC(C)(C)C. The molecule has 0 aromatic rings. The van der Waals surface area contributed by atoms with Crippen molar-refractivity contribution in [3.8, 4) is 0 Å². The molecule has 0 rings (SSSR count). The van der Waals surface area contributed by atoms with Gasteiger partial charge < -0.3 is 10.1 Å². The molecule has 0 bridgehead atoms. The molecule has 1 N–H and O–H groups in total. The van der Waals surface area contributed by atoms with E-state index in [9.17, 15) is 4.79 Å². The van der Waals surface area contributed by atoms with Crippen molar-refractivity contribution in [2.45, 2.75) is 47.1 Å². The Kier molecular flexibility index (Phi) is 7.89. The highest BCUT2D eigenvalue weighted by Gasteiger charge is 2.15. The minimum atomic E-state index is -0.466. The van der Waals surface area contributed by atoms with Crippen LogP contribution in [0.4, 0.5) is 4.79 Å². The highest BCUT2D eigenvalue weighted by Crippen LogP contribution is 2.07. The van der Waals surface area contributed by atoms with E-state index in [0.717, 1.165) is 5.57 Å². The largest absolute Gasteiger partial charge is 0.444 e. The van der Waals surface area contributed by atoms with Crippen LogP contribution in [-0.4, -0.2) is 18.2 Å². The first-order chi connectivity index (χ1) is 8.74. The first-order valence-corrected chi connectivity index (χ1v) is 6.71. The van der Waals surface area contributed by atoms with E-state index in [0.29, 0.717) is 12.5 Å². The van der Waals surface area contributed by atoms with Gasteiger partial charge in [-0.3, -0.25) is 0 Å². The van der Waals surface area contributed by atoms with E-state index in [1.165, 1.54) is 0 Å². The summed E-state index contributed by atoms with van der Waals surface area (Å²) in [4.78, 5) is 11.5. The number of amides is 1. The Balaban J connectivity index is 4.41. The topological polar surface area (TPSA) is 38.3 Å². The zero-order chi connectivity index (χ0) is 14.9. The van der Waals surface area contributed by atoms with Gasteiger partial charge in [0.1, 0.15) is 5.60 Å². The minimum Gasteiger partial charge on any atom is -0.444 e. The van der Waals surface area contributed by atoms with Crippen molar-refractivity contribution < 1.29 is 9.53 Å². The van der Waals surface area contributed by atoms with Crippen LogP contribution in [0.5, 0.6) is 0 Å². The number of rotatable bonds is 5. The summed E-state index contributed by atoms with van der Waals surface area (Å²) in [5.41, 5.74) is 0.566. The van der Waals surface area contributed by atoms with Crippen molar-refractivity contribution in [2.24, 2.45) is 5.92 Å². The van der Waals surface area contributed by atoms with Gasteiger partial charge in [-0.15, -0.1) is 0 Å². The molecule has 0 saturated heterocycles. The first kappa shape index (κ1) is 17.5. The van der Waals surface area contributed by atoms with Crippen molar-refractivity contribution in [2.75, 3.05) is 6.54 Å². The van der Waals surface area contributed by atoms with Crippen LogP contribution in [0.2, 0.25) is 0 Å². The highest BCUT2D eigenvalue weighted by molar-refractivity contribution is 5.68. The molecular weight excluding hydrogens is 238 g/mol. The van der Waals surface area contributed by atoms with Gasteiger partial charge in [0.05, 0.1) is 0 Å². The number of alkyl carbamates (subject to hydrolysis) is 1. The standard InChI is InChI=1S/C16H27NO2/c1-7-9-14(11-8-10-13(2)3)12-17-15(18)19-16(4,5)6/h7-11,13H,12H2,1-6H3,(H,17,18)/b9-7-,10-8-,14-11+. The third-order valence-corrected chi connectivity index (χ3v) is 2.02. The lowest BCUT2D eigenvalue weighted by Crippen LogP contribution is -2.33. The van der Waals surface area contributed by atoms with Crippen LogP contribution < -0.4 is 5.32 Å². The van der Waals surface area contributed by atoms with Crippen molar-refractivity contribution in [3.05, 3.63) is 36.0 Å². The van der Waals surface area contributed by atoms with Crippen LogP contribution in [0.15, 0.2) is 36.0 Å². The first-order valence-electron chi connectivity index (χ1n) is 6.71. The van der Waals surface area contributed by atoms with E-state index >= 15 is 0 Å².